The number of dihydropyridines is 1. The molecule has 0 amide bonds. The van der Waals surface area contributed by atoms with Crippen LogP contribution in [0.4, 0.5) is 0 Å². The van der Waals surface area contributed by atoms with Gasteiger partial charge in [-0.15, -0.1) is 0 Å². The molecule has 1 aliphatic carbocycles. The molecule has 0 saturated heterocycles. The van der Waals surface area contributed by atoms with Crippen molar-refractivity contribution in [3.05, 3.63) is 76.1 Å². The van der Waals surface area contributed by atoms with E-state index in [2.05, 4.69) is 5.32 Å². The second-order valence-electron chi connectivity index (χ2n) is 8.29. The Hall–Kier alpha value is -3.74. The second kappa shape index (κ2) is 10.0. The molecule has 0 bridgehead atoms. The van der Waals surface area contributed by atoms with Crippen molar-refractivity contribution >= 4 is 11.8 Å². The Morgan fingerprint density at radius 3 is 2.29 bits per heavy atom. The summed E-state index contributed by atoms with van der Waals surface area (Å²) in [6, 6.07) is 13.1. The van der Waals surface area contributed by atoms with Crippen LogP contribution >= 0.6 is 0 Å². The molecule has 7 heteroatoms. The number of carbonyl (C=O) groups excluding carboxylic acids is 2. The van der Waals surface area contributed by atoms with Gasteiger partial charge in [0.25, 0.3) is 0 Å². The van der Waals surface area contributed by atoms with E-state index in [1.165, 1.54) is 21.3 Å². The van der Waals surface area contributed by atoms with Crippen molar-refractivity contribution in [2.24, 2.45) is 0 Å². The smallest absolute Gasteiger partial charge is 0.337 e. The summed E-state index contributed by atoms with van der Waals surface area (Å²) in [4.78, 5) is 26.6. The van der Waals surface area contributed by atoms with Crippen molar-refractivity contribution in [3.63, 3.8) is 0 Å². The molecule has 1 aliphatic heterocycles. The molecular formula is C27H29NO6. The maximum atomic E-state index is 13.4. The minimum atomic E-state index is -0.610. The van der Waals surface area contributed by atoms with Crippen LogP contribution in [-0.2, 0) is 20.9 Å². The second-order valence-corrected chi connectivity index (χ2v) is 8.29. The van der Waals surface area contributed by atoms with Crippen LogP contribution in [0.2, 0.25) is 0 Å². The summed E-state index contributed by atoms with van der Waals surface area (Å²) in [6.07, 6.45) is 1.95. The molecule has 2 aromatic carbocycles. The first-order valence-electron chi connectivity index (χ1n) is 11.2. The van der Waals surface area contributed by atoms with Gasteiger partial charge in [0, 0.05) is 29.3 Å². The van der Waals surface area contributed by atoms with Crippen molar-refractivity contribution in [1.29, 1.82) is 0 Å². The summed E-state index contributed by atoms with van der Waals surface area (Å²) < 4.78 is 22.3. The Kier molecular flexibility index (Phi) is 6.91. The molecule has 7 nitrogen and oxygen atoms in total. The highest BCUT2D eigenvalue weighted by Crippen LogP contribution is 2.47. The van der Waals surface area contributed by atoms with Gasteiger partial charge in [0.1, 0.15) is 6.61 Å². The monoisotopic (exact) mass is 463 g/mol. The van der Waals surface area contributed by atoms with E-state index >= 15 is 0 Å². The standard InChI is InChI=1S/C27H29NO6/c1-16-23(27(30)34-15-17-9-6-5-7-10-17)24(25-19(28-16)11-8-12-20(25)29)18-13-21(31-2)26(33-4)22(14-18)32-3/h5-7,9-10,13-14,24,28H,8,11-12,15H2,1-4H3/t24-/m0/s1. The Morgan fingerprint density at radius 2 is 1.68 bits per heavy atom. The van der Waals surface area contributed by atoms with Crippen molar-refractivity contribution in [3.8, 4) is 17.2 Å². The fourth-order valence-corrected chi connectivity index (χ4v) is 4.66. The number of rotatable bonds is 7. The lowest BCUT2D eigenvalue weighted by Crippen LogP contribution is -2.34. The number of ether oxygens (including phenoxy) is 4. The quantitative estimate of drug-likeness (QED) is 0.609. The third-order valence-electron chi connectivity index (χ3n) is 6.23. The molecule has 1 heterocycles. The van der Waals surface area contributed by atoms with E-state index < -0.39 is 11.9 Å². The lowest BCUT2D eigenvalue weighted by Gasteiger charge is -2.34. The normalized spacial score (nSPS) is 17.6. The lowest BCUT2D eigenvalue weighted by molar-refractivity contribution is -0.140. The van der Waals surface area contributed by atoms with Gasteiger partial charge < -0.3 is 24.3 Å². The van der Waals surface area contributed by atoms with Crippen LogP contribution in [0.1, 0.15) is 43.2 Å². The zero-order chi connectivity index (χ0) is 24.2. The molecule has 0 spiro atoms. The van der Waals surface area contributed by atoms with Gasteiger partial charge in [-0.05, 0) is 43.0 Å². The highest BCUT2D eigenvalue weighted by Gasteiger charge is 2.40. The molecule has 0 saturated carbocycles. The molecule has 2 aromatic rings. The van der Waals surface area contributed by atoms with Gasteiger partial charge in [0.05, 0.1) is 26.9 Å². The third kappa shape index (κ3) is 4.38. The number of hydrogen-bond donors (Lipinski definition) is 1. The fraction of sp³-hybridized carbons (Fsp3) is 0.333. The number of Topliss-reactive ketones (excluding diaryl/α,β-unsaturated/α-hetero) is 1. The lowest BCUT2D eigenvalue weighted by atomic mass is 9.75. The summed E-state index contributed by atoms with van der Waals surface area (Å²) in [6.45, 7) is 1.98. The number of methoxy groups -OCH3 is 3. The van der Waals surface area contributed by atoms with Gasteiger partial charge in [-0.3, -0.25) is 4.79 Å². The predicted octanol–water partition coefficient (Wildman–Crippen LogP) is 4.42. The number of esters is 1. The van der Waals surface area contributed by atoms with Crippen molar-refractivity contribution in [2.45, 2.75) is 38.7 Å². The van der Waals surface area contributed by atoms with Crippen molar-refractivity contribution < 1.29 is 28.5 Å². The summed E-state index contributed by atoms with van der Waals surface area (Å²) in [5.41, 5.74) is 4.11. The van der Waals surface area contributed by atoms with E-state index in [9.17, 15) is 9.59 Å². The van der Waals surface area contributed by atoms with Crippen molar-refractivity contribution in [1.82, 2.24) is 5.32 Å². The third-order valence-corrected chi connectivity index (χ3v) is 6.23. The van der Waals surface area contributed by atoms with Gasteiger partial charge in [0.15, 0.2) is 17.3 Å². The largest absolute Gasteiger partial charge is 0.493 e. The van der Waals surface area contributed by atoms with Crippen LogP contribution in [-0.4, -0.2) is 33.1 Å². The van der Waals surface area contributed by atoms with Gasteiger partial charge in [-0.1, -0.05) is 30.3 Å². The number of nitrogens with one attached hydrogen (secondary N) is 1. The Morgan fingerprint density at radius 1 is 1.00 bits per heavy atom. The molecule has 1 atom stereocenters. The van der Waals surface area contributed by atoms with E-state index in [-0.39, 0.29) is 12.4 Å². The number of hydrogen-bond acceptors (Lipinski definition) is 7. The summed E-state index contributed by atoms with van der Waals surface area (Å²) in [7, 11) is 4.61. The average molecular weight is 464 g/mol. The Bertz CT molecular complexity index is 1140. The van der Waals surface area contributed by atoms with Crippen LogP contribution in [0.15, 0.2) is 65.0 Å². The molecule has 4 rings (SSSR count). The van der Waals surface area contributed by atoms with Crippen LogP contribution in [0.3, 0.4) is 0 Å². The number of carbonyl (C=O) groups is 2. The van der Waals surface area contributed by atoms with Crippen LogP contribution in [0, 0.1) is 0 Å². The van der Waals surface area contributed by atoms with E-state index in [0.29, 0.717) is 46.1 Å². The molecule has 0 fully saturated rings. The minimum absolute atomic E-state index is 0.0216. The van der Waals surface area contributed by atoms with Gasteiger partial charge in [-0.2, -0.15) is 0 Å². The molecule has 0 radical (unpaired) electrons. The van der Waals surface area contributed by atoms with E-state index in [1.807, 2.05) is 37.3 Å². The molecule has 1 N–H and O–H groups in total. The zero-order valence-electron chi connectivity index (χ0n) is 19.9. The molecule has 34 heavy (non-hydrogen) atoms. The minimum Gasteiger partial charge on any atom is -0.493 e. The average Bonchev–Trinajstić information content (AvgIpc) is 2.86. The first kappa shape index (κ1) is 23.4. The topological polar surface area (TPSA) is 83.1 Å². The summed E-state index contributed by atoms with van der Waals surface area (Å²) in [5.74, 6) is 0.290. The van der Waals surface area contributed by atoms with E-state index in [0.717, 1.165) is 24.1 Å². The zero-order valence-corrected chi connectivity index (χ0v) is 19.9. The first-order chi connectivity index (χ1) is 16.5. The number of ketones is 1. The molecule has 178 valence electrons. The molecule has 0 aromatic heterocycles. The van der Waals surface area contributed by atoms with Crippen LogP contribution < -0.4 is 19.5 Å². The maximum absolute atomic E-state index is 13.4. The van der Waals surface area contributed by atoms with Gasteiger partial charge in [0.2, 0.25) is 5.75 Å². The van der Waals surface area contributed by atoms with Crippen LogP contribution in [0.25, 0.3) is 0 Å². The summed E-state index contributed by atoms with van der Waals surface area (Å²) >= 11 is 0. The van der Waals surface area contributed by atoms with E-state index in [1.54, 1.807) is 12.1 Å². The van der Waals surface area contributed by atoms with Gasteiger partial charge >= 0.3 is 5.97 Å². The van der Waals surface area contributed by atoms with Crippen LogP contribution in [0.5, 0.6) is 17.2 Å². The number of benzene rings is 2. The van der Waals surface area contributed by atoms with Gasteiger partial charge in [-0.25, -0.2) is 4.79 Å². The summed E-state index contributed by atoms with van der Waals surface area (Å²) in [5, 5.41) is 3.31. The molecule has 0 unspecified atom stereocenters. The molecular weight excluding hydrogens is 434 g/mol. The maximum Gasteiger partial charge on any atom is 0.337 e. The van der Waals surface area contributed by atoms with Crippen molar-refractivity contribution in [2.75, 3.05) is 21.3 Å². The van der Waals surface area contributed by atoms with E-state index in [4.69, 9.17) is 18.9 Å². The number of allylic oxidation sites excluding steroid dienone is 3. The SMILES string of the molecule is COc1cc([C@H]2C(C(=O)OCc3ccccc3)=C(C)NC3=C2C(=O)CCC3)cc(OC)c1OC. The predicted molar refractivity (Wildman–Crippen MR) is 127 cm³/mol. The first-order valence-corrected chi connectivity index (χ1v) is 11.2. The Balaban J connectivity index is 1.80. The fourth-order valence-electron chi connectivity index (χ4n) is 4.66. The highest BCUT2D eigenvalue weighted by atomic mass is 16.5. The highest BCUT2D eigenvalue weighted by molar-refractivity contribution is 6.03. The Labute approximate surface area is 199 Å². The molecule has 2 aliphatic rings.